The molecule has 1 aliphatic rings. The normalized spacial score (nSPS) is 17.4. The predicted molar refractivity (Wildman–Crippen MR) is 90.9 cm³/mol. The molecular weight excluding hydrogens is 328 g/mol. The minimum atomic E-state index is -1.10. The van der Waals surface area contributed by atoms with Gasteiger partial charge in [0.2, 0.25) is 11.7 Å². The first kappa shape index (κ1) is 21.0. The molecule has 0 aromatic carbocycles. The number of hydrogen-bond acceptors (Lipinski definition) is 6. The SMILES string of the molecule is CCCC(NC)C(=O)C(=O)NCC(=O)NC(C(=O)O)C1CCNCC1. The molecule has 9 nitrogen and oxygen atoms in total. The van der Waals surface area contributed by atoms with Gasteiger partial charge < -0.3 is 26.4 Å². The predicted octanol–water partition coefficient (Wildman–Crippen LogP) is -1.37. The Morgan fingerprint density at radius 1 is 1.20 bits per heavy atom. The molecule has 0 bridgehead atoms. The summed E-state index contributed by atoms with van der Waals surface area (Å²) in [6.07, 6.45) is 2.57. The van der Waals surface area contributed by atoms with E-state index in [2.05, 4.69) is 21.3 Å². The lowest BCUT2D eigenvalue weighted by Gasteiger charge is -2.28. The van der Waals surface area contributed by atoms with E-state index in [1.807, 2.05) is 6.92 Å². The number of carbonyl (C=O) groups excluding carboxylic acids is 3. The summed E-state index contributed by atoms with van der Waals surface area (Å²) in [6, 6.07) is -1.58. The van der Waals surface area contributed by atoms with E-state index in [0.717, 1.165) is 6.42 Å². The Bertz CT molecular complexity index is 491. The van der Waals surface area contributed by atoms with Crippen molar-refractivity contribution in [1.82, 2.24) is 21.3 Å². The molecular formula is C16H28N4O5. The molecule has 0 aliphatic carbocycles. The highest BCUT2D eigenvalue weighted by Gasteiger charge is 2.31. The average Bonchev–Trinajstić information content (AvgIpc) is 2.62. The van der Waals surface area contributed by atoms with Crippen LogP contribution in [0.15, 0.2) is 0 Å². The van der Waals surface area contributed by atoms with Crippen LogP contribution in [0.2, 0.25) is 0 Å². The third kappa shape index (κ3) is 6.79. The van der Waals surface area contributed by atoms with Crippen molar-refractivity contribution in [1.29, 1.82) is 0 Å². The zero-order valence-electron chi connectivity index (χ0n) is 14.8. The van der Waals surface area contributed by atoms with Crippen LogP contribution in [0, 0.1) is 5.92 Å². The van der Waals surface area contributed by atoms with Gasteiger partial charge in [0, 0.05) is 0 Å². The average molecular weight is 356 g/mol. The van der Waals surface area contributed by atoms with Crippen LogP contribution in [0.3, 0.4) is 0 Å². The molecule has 2 atom stereocenters. The summed E-state index contributed by atoms with van der Waals surface area (Å²) < 4.78 is 0. The summed E-state index contributed by atoms with van der Waals surface area (Å²) in [5.41, 5.74) is 0. The second-order valence-electron chi connectivity index (χ2n) is 6.15. The third-order valence-electron chi connectivity index (χ3n) is 4.31. The summed E-state index contributed by atoms with van der Waals surface area (Å²) in [5.74, 6) is -3.36. The van der Waals surface area contributed by atoms with Crippen LogP contribution in [0.25, 0.3) is 0 Å². The standard InChI is InChI=1S/C16H28N4O5/c1-3-4-11(17-2)14(22)15(23)19-9-12(21)20-13(16(24)25)10-5-7-18-8-6-10/h10-11,13,17-18H,3-9H2,1-2H3,(H,19,23)(H,20,21)(H,24,25). The van der Waals surface area contributed by atoms with Crippen molar-refractivity contribution in [2.24, 2.45) is 5.92 Å². The number of carbonyl (C=O) groups is 4. The van der Waals surface area contributed by atoms with Gasteiger partial charge in [0.05, 0.1) is 12.6 Å². The highest BCUT2D eigenvalue weighted by atomic mass is 16.4. The van der Waals surface area contributed by atoms with Crippen molar-refractivity contribution in [2.75, 3.05) is 26.7 Å². The van der Waals surface area contributed by atoms with Crippen molar-refractivity contribution in [2.45, 2.75) is 44.7 Å². The smallest absolute Gasteiger partial charge is 0.326 e. The van der Waals surface area contributed by atoms with Crippen molar-refractivity contribution < 1.29 is 24.3 Å². The highest BCUT2D eigenvalue weighted by Crippen LogP contribution is 2.16. The number of hydrogen-bond donors (Lipinski definition) is 5. The molecule has 1 aliphatic heterocycles. The molecule has 1 rings (SSSR count). The van der Waals surface area contributed by atoms with Gasteiger partial charge in [-0.15, -0.1) is 0 Å². The number of rotatable bonds is 10. The lowest BCUT2D eigenvalue weighted by Crippen LogP contribution is -2.52. The molecule has 0 spiro atoms. The first-order chi connectivity index (χ1) is 11.9. The van der Waals surface area contributed by atoms with Gasteiger partial charge >= 0.3 is 5.97 Å². The number of ketones is 1. The molecule has 1 saturated heterocycles. The van der Waals surface area contributed by atoms with Crippen LogP contribution in [0.5, 0.6) is 0 Å². The molecule has 0 saturated carbocycles. The Hall–Kier alpha value is -2.00. The Morgan fingerprint density at radius 2 is 1.84 bits per heavy atom. The molecule has 0 radical (unpaired) electrons. The molecule has 9 heteroatoms. The van der Waals surface area contributed by atoms with Crippen molar-refractivity contribution >= 4 is 23.6 Å². The molecule has 2 unspecified atom stereocenters. The Balaban J connectivity index is 2.50. The van der Waals surface area contributed by atoms with E-state index in [-0.39, 0.29) is 5.92 Å². The molecule has 0 aromatic heterocycles. The summed E-state index contributed by atoms with van der Waals surface area (Å²) in [6.45, 7) is 2.88. The van der Waals surface area contributed by atoms with E-state index in [0.29, 0.717) is 32.4 Å². The number of piperidine rings is 1. The van der Waals surface area contributed by atoms with Gasteiger partial charge in [0.25, 0.3) is 5.91 Å². The number of amides is 2. The van der Waals surface area contributed by atoms with Crippen LogP contribution >= 0.6 is 0 Å². The van der Waals surface area contributed by atoms with Gasteiger partial charge in [-0.05, 0) is 45.3 Å². The van der Waals surface area contributed by atoms with Crippen LogP contribution < -0.4 is 21.3 Å². The van der Waals surface area contributed by atoms with Crippen molar-refractivity contribution in [3.63, 3.8) is 0 Å². The fraction of sp³-hybridized carbons (Fsp3) is 0.750. The Morgan fingerprint density at radius 3 is 2.36 bits per heavy atom. The molecule has 5 N–H and O–H groups in total. The lowest BCUT2D eigenvalue weighted by molar-refractivity contribution is -0.144. The number of carboxylic acid groups (broad SMARTS) is 1. The van der Waals surface area contributed by atoms with Crippen molar-refractivity contribution in [3.05, 3.63) is 0 Å². The van der Waals surface area contributed by atoms with E-state index in [1.165, 1.54) is 0 Å². The van der Waals surface area contributed by atoms with E-state index >= 15 is 0 Å². The van der Waals surface area contributed by atoms with E-state index in [4.69, 9.17) is 0 Å². The lowest BCUT2D eigenvalue weighted by atomic mass is 9.90. The maximum absolute atomic E-state index is 12.0. The highest BCUT2D eigenvalue weighted by molar-refractivity contribution is 6.38. The molecule has 2 amide bonds. The number of nitrogens with one attached hydrogen (secondary N) is 4. The van der Waals surface area contributed by atoms with Crippen LogP contribution in [0.4, 0.5) is 0 Å². The first-order valence-corrected chi connectivity index (χ1v) is 8.62. The molecule has 142 valence electrons. The Kier molecular flexibility index (Phi) is 9.07. The monoisotopic (exact) mass is 356 g/mol. The maximum Gasteiger partial charge on any atom is 0.326 e. The summed E-state index contributed by atoms with van der Waals surface area (Å²) in [4.78, 5) is 47.1. The van der Waals surface area contributed by atoms with Gasteiger partial charge in [0.1, 0.15) is 6.04 Å². The zero-order chi connectivity index (χ0) is 18.8. The molecule has 0 aromatic rings. The fourth-order valence-corrected chi connectivity index (χ4v) is 2.88. The van der Waals surface area contributed by atoms with Gasteiger partial charge in [-0.3, -0.25) is 14.4 Å². The van der Waals surface area contributed by atoms with Gasteiger partial charge in [-0.25, -0.2) is 4.79 Å². The van der Waals surface area contributed by atoms with Crippen LogP contribution in [-0.4, -0.2) is 67.4 Å². The van der Waals surface area contributed by atoms with Crippen molar-refractivity contribution in [3.8, 4) is 0 Å². The molecule has 25 heavy (non-hydrogen) atoms. The van der Waals surface area contributed by atoms with Gasteiger partial charge in [0.15, 0.2) is 0 Å². The number of aliphatic carboxylic acids is 1. The zero-order valence-corrected chi connectivity index (χ0v) is 14.8. The Labute approximate surface area is 147 Å². The van der Waals surface area contributed by atoms with E-state index < -0.39 is 42.2 Å². The van der Waals surface area contributed by atoms with Gasteiger partial charge in [-0.2, -0.15) is 0 Å². The van der Waals surface area contributed by atoms with E-state index in [9.17, 15) is 24.3 Å². The number of Topliss-reactive ketones (excluding diaryl/α,β-unsaturated/α-hetero) is 1. The largest absolute Gasteiger partial charge is 0.480 e. The molecule has 1 heterocycles. The minimum Gasteiger partial charge on any atom is -0.480 e. The van der Waals surface area contributed by atoms with Gasteiger partial charge in [-0.1, -0.05) is 13.3 Å². The maximum atomic E-state index is 12.0. The van der Waals surface area contributed by atoms with Crippen LogP contribution in [-0.2, 0) is 19.2 Å². The summed E-state index contributed by atoms with van der Waals surface area (Å²) in [7, 11) is 1.59. The second-order valence-corrected chi connectivity index (χ2v) is 6.15. The van der Waals surface area contributed by atoms with E-state index in [1.54, 1.807) is 7.05 Å². The third-order valence-corrected chi connectivity index (χ3v) is 4.31. The summed E-state index contributed by atoms with van der Waals surface area (Å²) in [5, 5.41) is 19.9. The number of likely N-dealkylation sites (N-methyl/N-ethyl adjacent to an activating group) is 1. The first-order valence-electron chi connectivity index (χ1n) is 8.62. The number of carboxylic acids is 1. The van der Waals surface area contributed by atoms with Crippen LogP contribution in [0.1, 0.15) is 32.6 Å². The quantitative estimate of drug-likeness (QED) is 0.305. The topological polar surface area (TPSA) is 137 Å². The summed E-state index contributed by atoms with van der Waals surface area (Å²) >= 11 is 0. The molecule has 1 fully saturated rings. The fourth-order valence-electron chi connectivity index (χ4n) is 2.88. The second kappa shape index (κ2) is 10.8. The minimum absolute atomic E-state index is 0.154.